The summed E-state index contributed by atoms with van der Waals surface area (Å²) in [6.45, 7) is 3.29. The zero-order chi connectivity index (χ0) is 9.68. The number of aryl methyl sites for hydroxylation is 1. The van der Waals surface area contributed by atoms with Crippen molar-refractivity contribution in [3.05, 3.63) is 29.3 Å². The van der Waals surface area contributed by atoms with Crippen LogP contribution in [0.3, 0.4) is 0 Å². The number of anilines is 1. The summed E-state index contributed by atoms with van der Waals surface area (Å²) in [5, 5.41) is 11.8. The van der Waals surface area contributed by atoms with Crippen LogP contribution in [0.4, 0.5) is 5.69 Å². The van der Waals surface area contributed by atoms with Gasteiger partial charge in [-0.2, -0.15) is 5.26 Å². The van der Waals surface area contributed by atoms with Crippen LogP contribution in [0.2, 0.25) is 0 Å². The Morgan fingerprint density at radius 3 is 2.85 bits per heavy atom. The predicted molar refractivity (Wildman–Crippen MR) is 53.4 cm³/mol. The minimum atomic E-state index is 0.593. The molecule has 0 aliphatic carbocycles. The van der Waals surface area contributed by atoms with Gasteiger partial charge < -0.3 is 11.1 Å². The zero-order valence-electron chi connectivity index (χ0n) is 7.67. The minimum Gasteiger partial charge on any atom is -0.384 e. The molecule has 0 aromatic heterocycles. The standard InChI is InChI=1S/C10H13N3/c1-8-4-9(7-12)6-10(5-8)13-3-2-11/h4-6,13H,2-3,11H2,1H3. The number of nitrogens with two attached hydrogens (primary N) is 1. The third kappa shape index (κ3) is 2.77. The smallest absolute Gasteiger partial charge is 0.0992 e. The van der Waals surface area contributed by atoms with E-state index in [1.807, 2.05) is 25.1 Å². The summed E-state index contributed by atoms with van der Waals surface area (Å²) in [5.41, 5.74) is 8.08. The Hall–Kier alpha value is -1.53. The van der Waals surface area contributed by atoms with E-state index in [0.717, 1.165) is 17.8 Å². The van der Waals surface area contributed by atoms with Gasteiger partial charge in [0.2, 0.25) is 0 Å². The van der Waals surface area contributed by atoms with Crippen LogP contribution < -0.4 is 11.1 Å². The van der Waals surface area contributed by atoms with E-state index in [2.05, 4.69) is 11.4 Å². The highest BCUT2D eigenvalue weighted by Crippen LogP contribution is 2.13. The first-order valence-corrected chi connectivity index (χ1v) is 4.22. The van der Waals surface area contributed by atoms with E-state index >= 15 is 0 Å². The summed E-state index contributed by atoms with van der Waals surface area (Å²) in [6, 6.07) is 7.79. The fourth-order valence-electron chi connectivity index (χ4n) is 1.17. The fraction of sp³-hybridized carbons (Fsp3) is 0.300. The van der Waals surface area contributed by atoms with Crippen molar-refractivity contribution in [2.45, 2.75) is 6.92 Å². The van der Waals surface area contributed by atoms with Gasteiger partial charge in [-0.1, -0.05) is 0 Å². The van der Waals surface area contributed by atoms with Crippen LogP contribution in [0.1, 0.15) is 11.1 Å². The molecule has 3 N–H and O–H groups in total. The summed E-state index contributed by atoms with van der Waals surface area (Å²) in [7, 11) is 0. The highest BCUT2D eigenvalue weighted by Gasteiger charge is 1.96. The molecule has 0 unspecified atom stereocenters. The van der Waals surface area contributed by atoms with Crippen molar-refractivity contribution in [1.29, 1.82) is 5.26 Å². The largest absolute Gasteiger partial charge is 0.384 e. The van der Waals surface area contributed by atoms with Gasteiger partial charge in [-0.25, -0.2) is 0 Å². The van der Waals surface area contributed by atoms with Crippen molar-refractivity contribution < 1.29 is 0 Å². The molecule has 0 aliphatic heterocycles. The first-order valence-electron chi connectivity index (χ1n) is 4.22. The van der Waals surface area contributed by atoms with Crippen molar-refractivity contribution in [2.24, 2.45) is 5.73 Å². The van der Waals surface area contributed by atoms with Gasteiger partial charge in [0, 0.05) is 18.8 Å². The SMILES string of the molecule is Cc1cc(C#N)cc(NCCN)c1. The van der Waals surface area contributed by atoms with E-state index < -0.39 is 0 Å². The van der Waals surface area contributed by atoms with Gasteiger partial charge in [-0.3, -0.25) is 0 Å². The Balaban J connectivity index is 2.83. The molecule has 1 rings (SSSR count). The van der Waals surface area contributed by atoms with Crippen molar-refractivity contribution >= 4 is 5.69 Å². The molecule has 0 heterocycles. The molecule has 13 heavy (non-hydrogen) atoms. The average Bonchev–Trinajstić information content (AvgIpc) is 2.14. The van der Waals surface area contributed by atoms with E-state index in [-0.39, 0.29) is 0 Å². The molecule has 3 nitrogen and oxygen atoms in total. The Kier molecular flexibility index (Phi) is 3.30. The lowest BCUT2D eigenvalue weighted by Gasteiger charge is -2.05. The van der Waals surface area contributed by atoms with Gasteiger partial charge in [0.1, 0.15) is 0 Å². The third-order valence-electron chi connectivity index (χ3n) is 1.68. The van der Waals surface area contributed by atoms with Crippen LogP contribution in [0.15, 0.2) is 18.2 Å². The number of nitriles is 1. The molecule has 0 aliphatic rings. The molecule has 1 aromatic carbocycles. The maximum Gasteiger partial charge on any atom is 0.0992 e. The first-order chi connectivity index (χ1) is 6.26. The molecule has 3 heteroatoms. The molecule has 0 saturated carbocycles. The van der Waals surface area contributed by atoms with E-state index in [1.54, 1.807) is 0 Å². The number of benzene rings is 1. The molecule has 0 spiro atoms. The lowest BCUT2D eigenvalue weighted by Crippen LogP contribution is -2.13. The van der Waals surface area contributed by atoms with Crippen molar-refractivity contribution in [3.8, 4) is 6.07 Å². The van der Waals surface area contributed by atoms with Crippen LogP contribution in [-0.2, 0) is 0 Å². The average molecular weight is 175 g/mol. The molecule has 0 atom stereocenters. The molecule has 0 bridgehead atoms. The van der Waals surface area contributed by atoms with Gasteiger partial charge in [-0.05, 0) is 30.7 Å². The first kappa shape index (κ1) is 9.56. The summed E-state index contributed by atoms with van der Waals surface area (Å²) in [4.78, 5) is 0. The van der Waals surface area contributed by atoms with Crippen LogP contribution >= 0.6 is 0 Å². The monoisotopic (exact) mass is 175 g/mol. The molecule has 68 valence electrons. The van der Waals surface area contributed by atoms with Crippen LogP contribution in [0, 0.1) is 18.3 Å². The molecule has 1 aromatic rings. The lowest BCUT2D eigenvalue weighted by atomic mass is 10.1. The number of hydrogen-bond acceptors (Lipinski definition) is 3. The highest BCUT2D eigenvalue weighted by atomic mass is 14.9. The Morgan fingerprint density at radius 2 is 2.23 bits per heavy atom. The number of nitrogens with one attached hydrogen (secondary N) is 1. The van der Waals surface area contributed by atoms with Gasteiger partial charge >= 0.3 is 0 Å². The van der Waals surface area contributed by atoms with E-state index in [0.29, 0.717) is 12.1 Å². The second-order valence-corrected chi connectivity index (χ2v) is 2.91. The molecular formula is C10H13N3. The summed E-state index contributed by atoms with van der Waals surface area (Å²) in [5.74, 6) is 0. The molecule has 0 amide bonds. The topological polar surface area (TPSA) is 61.8 Å². The quantitative estimate of drug-likeness (QED) is 0.726. The zero-order valence-corrected chi connectivity index (χ0v) is 7.67. The second-order valence-electron chi connectivity index (χ2n) is 2.91. The van der Waals surface area contributed by atoms with E-state index in [1.165, 1.54) is 0 Å². The summed E-state index contributed by atoms with van der Waals surface area (Å²) in [6.07, 6.45) is 0. The second kappa shape index (κ2) is 4.48. The Morgan fingerprint density at radius 1 is 1.46 bits per heavy atom. The predicted octanol–water partition coefficient (Wildman–Crippen LogP) is 1.24. The lowest BCUT2D eigenvalue weighted by molar-refractivity contribution is 1.02. The Bertz CT molecular complexity index is 325. The van der Waals surface area contributed by atoms with Gasteiger partial charge in [0.25, 0.3) is 0 Å². The van der Waals surface area contributed by atoms with Crippen LogP contribution in [0.5, 0.6) is 0 Å². The van der Waals surface area contributed by atoms with Gasteiger partial charge in [0.05, 0.1) is 11.6 Å². The van der Waals surface area contributed by atoms with E-state index in [9.17, 15) is 0 Å². The number of rotatable bonds is 3. The van der Waals surface area contributed by atoms with Gasteiger partial charge in [-0.15, -0.1) is 0 Å². The fourth-order valence-corrected chi connectivity index (χ4v) is 1.17. The molecule has 0 saturated heterocycles. The maximum atomic E-state index is 8.71. The molecular weight excluding hydrogens is 162 g/mol. The van der Waals surface area contributed by atoms with Gasteiger partial charge in [0.15, 0.2) is 0 Å². The number of nitrogens with zero attached hydrogens (tertiary/aromatic N) is 1. The number of hydrogen-bond donors (Lipinski definition) is 2. The molecule has 0 fully saturated rings. The minimum absolute atomic E-state index is 0.593. The molecule has 0 radical (unpaired) electrons. The highest BCUT2D eigenvalue weighted by molar-refractivity contribution is 5.51. The van der Waals surface area contributed by atoms with Crippen molar-refractivity contribution in [1.82, 2.24) is 0 Å². The van der Waals surface area contributed by atoms with Crippen molar-refractivity contribution in [2.75, 3.05) is 18.4 Å². The third-order valence-corrected chi connectivity index (χ3v) is 1.68. The van der Waals surface area contributed by atoms with E-state index in [4.69, 9.17) is 11.0 Å². The normalized spacial score (nSPS) is 9.31. The Labute approximate surface area is 78.2 Å². The van der Waals surface area contributed by atoms with Crippen LogP contribution in [0.25, 0.3) is 0 Å². The van der Waals surface area contributed by atoms with Crippen molar-refractivity contribution in [3.63, 3.8) is 0 Å². The maximum absolute atomic E-state index is 8.71. The van der Waals surface area contributed by atoms with Crippen LogP contribution in [-0.4, -0.2) is 13.1 Å². The summed E-state index contributed by atoms with van der Waals surface area (Å²) < 4.78 is 0. The summed E-state index contributed by atoms with van der Waals surface area (Å²) >= 11 is 0.